The second-order valence-electron chi connectivity index (χ2n) is 2.80. The van der Waals surface area contributed by atoms with Crippen molar-refractivity contribution >= 4 is 29.6 Å². The number of carboxylic acids is 2. The molecule has 2 atom stereocenters. The van der Waals surface area contributed by atoms with Gasteiger partial charge in [0, 0.05) is 12.7 Å². The maximum atomic E-state index is 11.1. The Morgan fingerprint density at radius 2 is 1.86 bits per heavy atom. The third-order valence-corrected chi connectivity index (χ3v) is 3.11. The van der Waals surface area contributed by atoms with Crippen molar-refractivity contribution in [1.82, 2.24) is 4.90 Å². The van der Waals surface area contributed by atoms with E-state index in [1.807, 2.05) is 0 Å². The SMILES string of the molecule is CC(=O)N1C(C(=O)O)CSC1C(=O)O. The molecule has 2 unspecified atom stereocenters. The van der Waals surface area contributed by atoms with Gasteiger partial charge in [-0.15, -0.1) is 11.8 Å². The van der Waals surface area contributed by atoms with Crippen molar-refractivity contribution in [1.29, 1.82) is 0 Å². The van der Waals surface area contributed by atoms with Crippen LogP contribution in [0.5, 0.6) is 0 Å². The number of carbonyl (C=O) groups is 3. The Morgan fingerprint density at radius 1 is 1.29 bits per heavy atom. The highest BCUT2D eigenvalue weighted by molar-refractivity contribution is 8.00. The molecule has 0 saturated carbocycles. The Kier molecular flexibility index (Phi) is 3.00. The highest BCUT2D eigenvalue weighted by Gasteiger charge is 2.43. The minimum absolute atomic E-state index is 0.117. The number of rotatable bonds is 2. The van der Waals surface area contributed by atoms with Crippen LogP contribution in [0.25, 0.3) is 0 Å². The van der Waals surface area contributed by atoms with Crippen LogP contribution in [0.4, 0.5) is 0 Å². The molecule has 1 amide bonds. The highest BCUT2D eigenvalue weighted by Crippen LogP contribution is 2.29. The second kappa shape index (κ2) is 3.87. The van der Waals surface area contributed by atoms with E-state index in [2.05, 4.69) is 0 Å². The molecule has 0 aliphatic carbocycles. The van der Waals surface area contributed by atoms with Gasteiger partial charge in [0.15, 0.2) is 5.37 Å². The van der Waals surface area contributed by atoms with Crippen LogP contribution < -0.4 is 0 Å². The fourth-order valence-electron chi connectivity index (χ4n) is 1.27. The van der Waals surface area contributed by atoms with E-state index < -0.39 is 29.3 Å². The number of aliphatic carboxylic acids is 2. The van der Waals surface area contributed by atoms with E-state index in [1.165, 1.54) is 0 Å². The van der Waals surface area contributed by atoms with Crippen molar-refractivity contribution in [3.8, 4) is 0 Å². The Hall–Kier alpha value is -1.24. The Morgan fingerprint density at radius 3 is 2.21 bits per heavy atom. The summed E-state index contributed by atoms with van der Waals surface area (Å²) < 4.78 is 0. The standard InChI is InChI=1S/C7H9NO5S/c1-3(9)8-4(6(10)11)2-14-5(8)7(12)13/h4-5H,2H2,1H3,(H,10,11)(H,12,13). The molecule has 0 aromatic heterocycles. The van der Waals surface area contributed by atoms with E-state index in [0.717, 1.165) is 23.6 Å². The highest BCUT2D eigenvalue weighted by atomic mass is 32.2. The smallest absolute Gasteiger partial charge is 0.337 e. The maximum Gasteiger partial charge on any atom is 0.337 e. The van der Waals surface area contributed by atoms with E-state index in [1.54, 1.807) is 0 Å². The molecule has 1 aliphatic heterocycles. The Labute approximate surface area is 83.9 Å². The summed E-state index contributed by atoms with van der Waals surface area (Å²) in [6.07, 6.45) is 0. The molecule has 0 radical (unpaired) electrons. The lowest BCUT2D eigenvalue weighted by molar-refractivity contribution is -0.152. The number of hydrogen-bond donors (Lipinski definition) is 2. The van der Waals surface area contributed by atoms with Crippen molar-refractivity contribution in [2.24, 2.45) is 0 Å². The molecule has 1 fully saturated rings. The molecule has 2 N–H and O–H groups in total. The quantitative estimate of drug-likeness (QED) is 0.646. The fraction of sp³-hybridized carbons (Fsp3) is 0.571. The van der Waals surface area contributed by atoms with Crippen molar-refractivity contribution in [3.63, 3.8) is 0 Å². The number of thioether (sulfide) groups is 1. The molecule has 14 heavy (non-hydrogen) atoms. The topological polar surface area (TPSA) is 94.9 Å². The van der Waals surface area contributed by atoms with Crippen LogP contribution in [0, 0.1) is 0 Å². The molecule has 0 aromatic carbocycles. The lowest BCUT2D eigenvalue weighted by Crippen LogP contribution is -2.47. The lowest BCUT2D eigenvalue weighted by atomic mass is 10.3. The molecule has 7 heteroatoms. The molecule has 0 spiro atoms. The summed E-state index contributed by atoms with van der Waals surface area (Å²) in [6, 6.07) is -1.03. The number of hydrogen-bond acceptors (Lipinski definition) is 4. The molecule has 0 bridgehead atoms. The first-order valence-corrected chi connectivity index (χ1v) is 4.86. The minimum Gasteiger partial charge on any atom is -0.480 e. The van der Waals surface area contributed by atoms with Crippen molar-refractivity contribution in [2.45, 2.75) is 18.3 Å². The van der Waals surface area contributed by atoms with Crippen molar-refractivity contribution < 1.29 is 24.6 Å². The van der Waals surface area contributed by atoms with Crippen LogP contribution in [0.2, 0.25) is 0 Å². The van der Waals surface area contributed by atoms with Crippen molar-refractivity contribution in [3.05, 3.63) is 0 Å². The summed E-state index contributed by atoms with van der Waals surface area (Å²) in [7, 11) is 0. The number of nitrogens with zero attached hydrogens (tertiary/aromatic N) is 1. The van der Waals surface area contributed by atoms with Crippen LogP contribution in [0.3, 0.4) is 0 Å². The summed E-state index contributed by atoms with van der Waals surface area (Å²) in [6.45, 7) is 1.16. The van der Waals surface area contributed by atoms with E-state index in [-0.39, 0.29) is 5.75 Å². The zero-order chi connectivity index (χ0) is 10.9. The van der Waals surface area contributed by atoms with Gasteiger partial charge >= 0.3 is 11.9 Å². The largest absolute Gasteiger partial charge is 0.480 e. The molecule has 1 rings (SSSR count). The minimum atomic E-state index is -1.19. The zero-order valence-electron chi connectivity index (χ0n) is 7.34. The molecule has 78 valence electrons. The van der Waals surface area contributed by atoms with Gasteiger partial charge in [-0.25, -0.2) is 9.59 Å². The Balaban J connectivity index is 2.90. The van der Waals surface area contributed by atoms with Crippen molar-refractivity contribution in [2.75, 3.05) is 5.75 Å². The zero-order valence-corrected chi connectivity index (χ0v) is 8.15. The first kappa shape index (κ1) is 10.8. The average molecular weight is 219 g/mol. The van der Waals surface area contributed by atoms with Gasteiger partial charge in [0.1, 0.15) is 6.04 Å². The van der Waals surface area contributed by atoms with Gasteiger partial charge in [0.25, 0.3) is 0 Å². The molecule has 1 heterocycles. The molecule has 1 aliphatic rings. The van der Waals surface area contributed by atoms with E-state index in [0.29, 0.717) is 0 Å². The first-order chi connectivity index (χ1) is 6.45. The first-order valence-electron chi connectivity index (χ1n) is 3.81. The van der Waals surface area contributed by atoms with Gasteiger partial charge in [-0.05, 0) is 0 Å². The molecule has 1 saturated heterocycles. The van der Waals surface area contributed by atoms with Gasteiger partial charge in [0.2, 0.25) is 5.91 Å². The van der Waals surface area contributed by atoms with Gasteiger partial charge in [0.05, 0.1) is 0 Å². The maximum absolute atomic E-state index is 11.1. The van der Waals surface area contributed by atoms with Gasteiger partial charge in [-0.2, -0.15) is 0 Å². The van der Waals surface area contributed by atoms with E-state index in [9.17, 15) is 14.4 Å². The molecule has 0 aromatic rings. The lowest BCUT2D eigenvalue weighted by Gasteiger charge is -2.22. The van der Waals surface area contributed by atoms with E-state index in [4.69, 9.17) is 10.2 Å². The third-order valence-electron chi connectivity index (χ3n) is 1.86. The number of amides is 1. The Bertz CT molecular complexity index is 270. The van der Waals surface area contributed by atoms with Crippen LogP contribution in [-0.4, -0.2) is 50.1 Å². The summed E-state index contributed by atoms with van der Waals surface area (Å²) in [5.41, 5.74) is 0. The number of carbonyl (C=O) groups excluding carboxylic acids is 1. The predicted octanol–water partition coefficient (Wildman–Crippen LogP) is -0.554. The second-order valence-corrected chi connectivity index (χ2v) is 3.92. The van der Waals surface area contributed by atoms with Crippen LogP contribution in [-0.2, 0) is 14.4 Å². The van der Waals surface area contributed by atoms with E-state index >= 15 is 0 Å². The monoisotopic (exact) mass is 219 g/mol. The van der Waals surface area contributed by atoms with Gasteiger partial charge in [-0.3, -0.25) is 4.79 Å². The van der Waals surface area contributed by atoms with Crippen LogP contribution >= 0.6 is 11.8 Å². The summed E-state index contributed by atoms with van der Waals surface area (Å²) in [5, 5.41) is 16.4. The summed E-state index contributed by atoms with van der Waals surface area (Å²) in [4.78, 5) is 33.3. The molecular formula is C7H9NO5S. The van der Waals surface area contributed by atoms with Crippen LogP contribution in [0.1, 0.15) is 6.92 Å². The predicted molar refractivity (Wildman–Crippen MR) is 47.8 cm³/mol. The number of carboxylic acid groups (broad SMARTS) is 2. The average Bonchev–Trinajstić information content (AvgIpc) is 2.46. The summed E-state index contributed by atoms with van der Waals surface area (Å²) in [5.74, 6) is -2.77. The molecular weight excluding hydrogens is 210 g/mol. The summed E-state index contributed by atoms with van der Waals surface area (Å²) >= 11 is 0.948. The third kappa shape index (κ3) is 1.82. The van der Waals surface area contributed by atoms with Crippen LogP contribution in [0.15, 0.2) is 0 Å². The van der Waals surface area contributed by atoms with Gasteiger partial charge in [-0.1, -0.05) is 0 Å². The molecule has 6 nitrogen and oxygen atoms in total. The fourth-order valence-corrected chi connectivity index (χ4v) is 2.54. The normalized spacial score (nSPS) is 26.2. The van der Waals surface area contributed by atoms with Gasteiger partial charge < -0.3 is 15.1 Å².